The molecule has 32 rings (SSSR count). The van der Waals surface area contributed by atoms with Gasteiger partial charge in [-0.1, -0.05) is 0 Å². The zero-order valence-electron chi connectivity index (χ0n) is 48.1. The Balaban J connectivity index is 1.09. The van der Waals surface area contributed by atoms with E-state index in [0.29, 0.717) is 0 Å². The van der Waals surface area contributed by atoms with Gasteiger partial charge in [0.1, 0.15) is 0 Å². The Hall–Kier alpha value is -4.92. The van der Waals surface area contributed by atoms with Crippen LogP contribution in [0.15, 0.2) is 66.9 Å². The van der Waals surface area contributed by atoms with Crippen molar-refractivity contribution in [3.05, 3.63) is 66.9 Å². The SMILES string of the molecule is FC12C3=C4C5(F)C1(F)C1(F)C6=C7C8(F)C1(F)C1(F)C9=C%10C(F)(C21F)C1(F)C3(F)C2(F)C3(F)C%11=C%12C%13(F)C%14(F)C%15(F)C%16=C%17C%18(F)C%15(F)C%15(F)C%19=C%20C(F)(C%13%15F)C%13(F)C%12(F)C2(F)C4(F)C%13(F)C2(F)C%20(F)C(F)(C6(F)C52F)C2(F)C%19(F)C%18(F)C(F)(C72F)C2(F)C%17(F)C(F)(C9(F)C82F)C2(F)C%16(F)C(F)(C%11%14F)C(F)(C%102F)C31F. The summed E-state index contributed by atoms with van der Waals surface area (Å²) in [6.07, 6.45) is 0. The first kappa shape index (κ1) is 60.6. The molecule has 0 saturated heterocycles. The van der Waals surface area contributed by atoms with Crippen molar-refractivity contribution in [3.8, 4) is 0 Å². The van der Waals surface area contributed by atoms with Gasteiger partial charge >= 0.3 is 0 Å². The normalized spacial score (nSPS) is 90.7. The number of hydrogen-bond acceptors (Lipinski definition) is 0. The number of halogens is 48. The van der Waals surface area contributed by atoms with Crippen LogP contribution in [0.4, 0.5) is 211 Å². The highest BCUT2D eigenvalue weighted by atomic mass is 19.3. The molecule has 0 nitrogen and oxygen atoms in total. The third kappa shape index (κ3) is 2.05. The lowest BCUT2D eigenvalue weighted by Crippen LogP contribution is -3.08. The van der Waals surface area contributed by atoms with E-state index in [2.05, 4.69) is 0 Å². The van der Waals surface area contributed by atoms with Gasteiger partial charge in [-0.15, -0.1) is 0 Å². The first-order valence-electron chi connectivity index (χ1n) is 31.6. The Morgan fingerprint density at radius 2 is 0.111 bits per heavy atom. The highest BCUT2D eigenvalue weighted by Gasteiger charge is 3.46. The second kappa shape index (κ2) is 10.2. The molecule has 0 aliphatic heterocycles. The van der Waals surface area contributed by atoms with Crippen LogP contribution in [0.5, 0.6) is 0 Å². The van der Waals surface area contributed by atoms with Gasteiger partial charge in [0.25, 0.3) is 0 Å². The average Bonchev–Trinajstić information content (AvgIpc) is 1.30. The second-order valence-corrected chi connectivity index (χ2v) is 36.1. The van der Waals surface area contributed by atoms with Crippen molar-refractivity contribution in [2.75, 3.05) is 0 Å². The van der Waals surface area contributed by atoms with Gasteiger partial charge in [0, 0.05) is 66.9 Å². The van der Waals surface area contributed by atoms with Gasteiger partial charge in [-0.25, -0.2) is 211 Å². The van der Waals surface area contributed by atoms with E-state index in [1.807, 2.05) is 0 Å². The first-order valence-corrected chi connectivity index (χ1v) is 31.6. The summed E-state index contributed by atoms with van der Waals surface area (Å²) in [4.78, 5) is 0. The summed E-state index contributed by atoms with van der Waals surface area (Å²) >= 11 is 0. The van der Waals surface area contributed by atoms with Crippen molar-refractivity contribution in [2.45, 2.75) is 272 Å². The molecular formula is C60F48. The summed E-state index contributed by atoms with van der Waals surface area (Å²) in [5.41, 5.74) is -578. The van der Waals surface area contributed by atoms with Gasteiger partial charge in [0.15, 0.2) is 0 Å². The fourth-order valence-electron chi connectivity index (χ4n) is 38.0. The molecule has 36 unspecified atom stereocenters. The summed E-state index contributed by atoms with van der Waals surface area (Å²) in [5.74, 6) is 0. The molecule has 32 aliphatic rings. The van der Waals surface area contributed by atoms with E-state index in [4.69, 9.17) is 0 Å². The predicted octanol–water partition coefficient (Wildman–Crippen LogP) is 12.2. The van der Waals surface area contributed by atoms with Crippen molar-refractivity contribution in [1.29, 1.82) is 0 Å². The van der Waals surface area contributed by atoms with Gasteiger partial charge in [-0.05, 0) is 0 Å². The molecule has 0 radical (unpaired) electrons. The molecule has 20 fully saturated rings. The molecule has 108 heavy (non-hydrogen) atoms. The minimum atomic E-state index is -10.6. The topological polar surface area (TPSA) is 0 Å². The third-order valence-electron chi connectivity index (χ3n) is 38.2. The van der Waals surface area contributed by atoms with Crippen LogP contribution in [0.3, 0.4) is 0 Å². The van der Waals surface area contributed by atoms with Crippen molar-refractivity contribution < 1.29 is 211 Å². The highest BCUT2D eigenvalue weighted by molar-refractivity contribution is 6.07. The highest BCUT2D eigenvalue weighted by Crippen LogP contribution is 3.20. The van der Waals surface area contributed by atoms with E-state index in [1.54, 1.807) is 0 Å². The Bertz CT molecular complexity index is 5090. The summed E-state index contributed by atoms with van der Waals surface area (Å²) < 4.78 is 1040. The Kier molecular flexibility index (Phi) is 5.75. The van der Waals surface area contributed by atoms with Crippen molar-refractivity contribution in [3.63, 3.8) is 0 Å². The first-order chi connectivity index (χ1) is 47.9. The Morgan fingerprint density at radius 3 is 0.194 bits per heavy atom. The minimum absolute atomic E-state index is 6.75. The van der Waals surface area contributed by atoms with Crippen molar-refractivity contribution in [1.82, 2.24) is 0 Å². The fourth-order valence-corrected chi connectivity index (χ4v) is 38.0. The van der Waals surface area contributed by atoms with Gasteiger partial charge in [0.2, 0.25) is 272 Å². The van der Waals surface area contributed by atoms with Crippen LogP contribution in [0.25, 0.3) is 0 Å². The molecule has 0 heterocycles. The molecule has 0 aromatic heterocycles. The zero-order chi connectivity index (χ0) is 78.9. The second-order valence-electron chi connectivity index (χ2n) is 36.1. The molecule has 32 aliphatic carbocycles. The Morgan fingerprint density at radius 1 is 0.0648 bits per heavy atom. The molecule has 20 saturated carbocycles. The van der Waals surface area contributed by atoms with Crippen LogP contribution in [0, 0.1) is 0 Å². The van der Waals surface area contributed by atoms with E-state index in [1.165, 1.54) is 0 Å². The monoisotopic (exact) mass is 1630 g/mol. The number of allylic oxidation sites excluding steroid dienone is 12. The lowest BCUT2D eigenvalue weighted by Gasteiger charge is -2.78. The van der Waals surface area contributed by atoms with Crippen LogP contribution >= 0.6 is 0 Å². The van der Waals surface area contributed by atoms with Gasteiger partial charge in [-0.3, -0.25) is 0 Å². The molecule has 0 spiro atoms. The third-order valence-corrected chi connectivity index (χ3v) is 38.2. The van der Waals surface area contributed by atoms with Gasteiger partial charge < -0.3 is 0 Å². The largest absolute Gasteiger partial charge is 0.234 e. The smallest absolute Gasteiger partial charge is 0.232 e. The maximum absolute atomic E-state index is 21.7. The molecule has 48 heteroatoms. The van der Waals surface area contributed by atoms with Crippen LogP contribution < -0.4 is 0 Å². The van der Waals surface area contributed by atoms with Crippen LogP contribution in [-0.2, 0) is 0 Å². The van der Waals surface area contributed by atoms with E-state index < -0.39 is 339 Å². The zero-order valence-corrected chi connectivity index (χ0v) is 48.1. The standard InChI is InChI=1S/C60F48/c61-13-1-7-19(67)37(13,85)14(62)3-10-22(70)39(14,87)15(63)2-8-20(68,38(13,15)86)49(97)25(1,73)43(91)32(80)9-4-16(64)40(88)17(65)6-12-24(72)42(17,90)18(66)5-11-23(71,41(16,18)89)51(99)26(4,74)44(43,92)31(7,79)55(51,103)57(105)34(11,82)45(93,27(3,75)50(19,57)98)48(96)30(5,78)54(24,102)59(107,35(10,48)83)60(108)36(12,84)46(94,28(2,76)53(22,60)101)47(95)29(6,77)52(100,21(9,40)69)58(106,33(8,47)81)56(32,49)104. The lowest BCUT2D eigenvalue weighted by atomic mass is 9.29. The van der Waals surface area contributed by atoms with Crippen molar-refractivity contribution in [2.24, 2.45) is 0 Å². The fraction of sp³-hybridized carbons (Fsp3) is 0.800. The van der Waals surface area contributed by atoms with Gasteiger partial charge in [0.05, 0.1) is 0 Å². The predicted molar refractivity (Wildman–Crippen MR) is 226 cm³/mol. The summed E-state index contributed by atoms with van der Waals surface area (Å²) in [6, 6.07) is 0. The van der Waals surface area contributed by atoms with Gasteiger partial charge in [-0.2, -0.15) is 0 Å². The van der Waals surface area contributed by atoms with E-state index in [0.717, 1.165) is 0 Å². The molecule has 0 aromatic carbocycles. The molecule has 0 aromatic rings. The minimum Gasteiger partial charge on any atom is -0.232 e. The average molecular weight is 1630 g/mol. The number of hydrogen-bond donors (Lipinski definition) is 0. The number of rotatable bonds is 0. The summed E-state index contributed by atoms with van der Waals surface area (Å²) in [5, 5.41) is 0. The quantitative estimate of drug-likeness (QED) is 0.168. The lowest BCUT2D eigenvalue weighted by molar-refractivity contribution is -0.461. The maximum atomic E-state index is 21.7. The van der Waals surface area contributed by atoms with Crippen LogP contribution in [-0.4, -0.2) is 272 Å². The summed E-state index contributed by atoms with van der Waals surface area (Å²) in [6.45, 7) is 0. The number of alkyl halides is 48. The van der Waals surface area contributed by atoms with E-state index in [9.17, 15) is 0 Å². The molecule has 0 bridgehead atoms. The van der Waals surface area contributed by atoms with Crippen LogP contribution in [0.2, 0.25) is 0 Å². The van der Waals surface area contributed by atoms with Crippen molar-refractivity contribution >= 4 is 0 Å². The van der Waals surface area contributed by atoms with Crippen LogP contribution in [0.1, 0.15) is 0 Å². The molecule has 576 valence electrons. The molecule has 0 amide bonds. The molecular weight excluding hydrogens is 1630 g/mol. The molecule has 0 N–H and O–H groups in total. The Labute approximate surface area is 549 Å². The maximum Gasteiger partial charge on any atom is 0.234 e. The van der Waals surface area contributed by atoms with E-state index >= 15 is 211 Å². The summed E-state index contributed by atoms with van der Waals surface area (Å²) in [7, 11) is 0. The molecule has 36 atom stereocenters. The van der Waals surface area contributed by atoms with E-state index in [-0.39, 0.29) is 0 Å².